The van der Waals surface area contributed by atoms with Crippen molar-refractivity contribution in [2.45, 2.75) is 64.4 Å². The lowest BCUT2D eigenvalue weighted by Crippen LogP contribution is -2.15. The zero-order valence-corrected chi connectivity index (χ0v) is 11.4. The maximum absolute atomic E-state index is 10.1. The van der Waals surface area contributed by atoms with Crippen molar-refractivity contribution in [2.75, 3.05) is 0 Å². The van der Waals surface area contributed by atoms with Crippen LogP contribution in [0.25, 0.3) is 0 Å². The molecule has 1 aliphatic rings. The Morgan fingerprint density at radius 2 is 2.06 bits per heavy atom. The predicted molar refractivity (Wildman–Crippen MR) is 74.5 cm³/mol. The SMILES string of the molecule is Cc1ccc(CC(O)CCC2CCCCC2)nc1. The second-order valence-corrected chi connectivity index (χ2v) is 5.77. The summed E-state index contributed by atoms with van der Waals surface area (Å²) in [5, 5.41) is 10.1. The standard InChI is InChI=1S/C16H25NO/c1-13-7-9-15(17-12-13)11-16(18)10-8-14-5-3-2-4-6-14/h7,9,12,14,16,18H,2-6,8,10-11H2,1H3. The molecule has 2 rings (SSSR count). The molecule has 0 spiro atoms. The van der Waals surface area contributed by atoms with Gasteiger partial charge >= 0.3 is 0 Å². The van der Waals surface area contributed by atoms with Crippen LogP contribution in [-0.4, -0.2) is 16.2 Å². The van der Waals surface area contributed by atoms with Crippen molar-refractivity contribution < 1.29 is 5.11 Å². The zero-order chi connectivity index (χ0) is 12.8. The first-order valence-electron chi connectivity index (χ1n) is 7.33. The average Bonchev–Trinajstić information content (AvgIpc) is 2.40. The number of pyridine rings is 1. The van der Waals surface area contributed by atoms with E-state index < -0.39 is 0 Å². The van der Waals surface area contributed by atoms with Crippen molar-refractivity contribution >= 4 is 0 Å². The summed E-state index contributed by atoms with van der Waals surface area (Å²) >= 11 is 0. The summed E-state index contributed by atoms with van der Waals surface area (Å²) in [5.74, 6) is 0.861. The third-order valence-corrected chi connectivity index (χ3v) is 4.05. The third-order valence-electron chi connectivity index (χ3n) is 4.05. The molecule has 0 aromatic carbocycles. The average molecular weight is 247 g/mol. The smallest absolute Gasteiger partial charge is 0.0595 e. The van der Waals surface area contributed by atoms with Gasteiger partial charge in [0.2, 0.25) is 0 Å². The van der Waals surface area contributed by atoms with E-state index in [9.17, 15) is 5.11 Å². The van der Waals surface area contributed by atoms with Crippen molar-refractivity contribution in [2.24, 2.45) is 5.92 Å². The Hall–Kier alpha value is -0.890. The van der Waals surface area contributed by atoms with Gasteiger partial charge in [-0.25, -0.2) is 0 Å². The first-order chi connectivity index (χ1) is 8.74. The molecule has 1 atom stereocenters. The molecule has 18 heavy (non-hydrogen) atoms. The van der Waals surface area contributed by atoms with E-state index in [0.29, 0.717) is 6.42 Å². The molecule has 1 heterocycles. The Morgan fingerprint density at radius 1 is 1.28 bits per heavy atom. The van der Waals surface area contributed by atoms with Crippen LogP contribution in [0.2, 0.25) is 0 Å². The maximum atomic E-state index is 10.1. The Kier molecular flexibility index (Phi) is 5.18. The highest BCUT2D eigenvalue weighted by Gasteiger charge is 2.15. The highest BCUT2D eigenvalue weighted by Crippen LogP contribution is 2.27. The monoisotopic (exact) mass is 247 g/mol. The molecule has 1 aromatic heterocycles. The second kappa shape index (κ2) is 6.89. The summed E-state index contributed by atoms with van der Waals surface area (Å²) in [7, 11) is 0. The molecule has 0 saturated heterocycles. The van der Waals surface area contributed by atoms with Crippen LogP contribution in [0.3, 0.4) is 0 Å². The maximum Gasteiger partial charge on any atom is 0.0595 e. The van der Waals surface area contributed by atoms with Gasteiger partial charge in [-0.15, -0.1) is 0 Å². The molecule has 0 aliphatic heterocycles. The molecule has 1 fully saturated rings. The van der Waals surface area contributed by atoms with Gasteiger partial charge in [0.1, 0.15) is 0 Å². The van der Waals surface area contributed by atoms with E-state index >= 15 is 0 Å². The summed E-state index contributed by atoms with van der Waals surface area (Å²) in [6.07, 6.45) is 11.4. The minimum atomic E-state index is -0.220. The molecular formula is C16H25NO. The molecule has 1 aromatic rings. The number of aromatic nitrogens is 1. The van der Waals surface area contributed by atoms with Crippen LogP contribution >= 0.6 is 0 Å². The molecule has 1 saturated carbocycles. The number of aliphatic hydroxyl groups is 1. The van der Waals surface area contributed by atoms with Crippen molar-refractivity contribution in [3.8, 4) is 0 Å². The Labute approximate surface area is 110 Å². The van der Waals surface area contributed by atoms with Gasteiger partial charge in [-0.05, 0) is 37.3 Å². The minimum absolute atomic E-state index is 0.220. The second-order valence-electron chi connectivity index (χ2n) is 5.77. The molecule has 2 nitrogen and oxygen atoms in total. The van der Waals surface area contributed by atoms with E-state index in [1.807, 2.05) is 19.2 Å². The quantitative estimate of drug-likeness (QED) is 0.861. The Morgan fingerprint density at radius 3 is 2.72 bits per heavy atom. The lowest BCUT2D eigenvalue weighted by molar-refractivity contribution is 0.148. The largest absolute Gasteiger partial charge is 0.393 e. The number of hydrogen-bond donors (Lipinski definition) is 1. The van der Waals surface area contributed by atoms with E-state index in [-0.39, 0.29) is 6.10 Å². The van der Waals surface area contributed by atoms with Gasteiger partial charge in [0.15, 0.2) is 0 Å². The summed E-state index contributed by atoms with van der Waals surface area (Å²) in [6, 6.07) is 4.09. The number of nitrogens with zero attached hydrogens (tertiary/aromatic N) is 1. The predicted octanol–water partition coefficient (Wildman–Crippen LogP) is 3.65. The van der Waals surface area contributed by atoms with Gasteiger partial charge in [-0.2, -0.15) is 0 Å². The Bertz CT molecular complexity index is 341. The molecule has 0 radical (unpaired) electrons. The molecule has 0 bridgehead atoms. The van der Waals surface area contributed by atoms with Crippen LogP contribution in [0.1, 0.15) is 56.2 Å². The van der Waals surface area contributed by atoms with Crippen molar-refractivity contribution in [1.82, 2.24) is 4.98 Å². The normalized spacial score (nSPS) is 18.8. The highest BCUT2D eigenvalue weighted by molar-refractivity contribution is 5.12. The van der Waals surface area contributed by atoms with Crippen LogP contribution in [0.15, 0.2) is 18.3 Å². The lowest BCUT2D eigenvalue weighted by Gasteiger charge is -2.22. The zero-order valence-electron chi connectivity index (χ0n) is 11.4. The van der Waals surface area contributed by atoms with Crippen LogP contribution in [-0.2, 0) is 6.42 Å². The third kappa shape index (κ3) is 4.41. The minimum Gasteiger partial charge on any atom is -0.393 e. The van der Waals surface area contributed by atoms with E-state index in [0.717, 1.165) is 18.0 Å². The van der Waals surface area contributed by atoms with Gasteiger partial charge in [0.25, 0.3) is 0 Å². The molecule has 100 valence electrons. The Balaban J connectivity index is 1.71. The van der Waals surface area contributed by atoms with E-state index in [2.05, 4.69) is 11.1 Å². The van der Waals surface area contributed by atoms with Crippen molar-refractivity contribution in [3.63, 3.8) is 0 Å². The topological polar surface area (TPSA) is 33.1 Å². The number of aryl methyl sites for hydroxylation is 1. The summed E-state index contributed by atoms with van der Waals surface area (Å²) in [5.41, 5.74) is 2.19. The number of aliphatic hydroxyl groups excluding tert-OH is 1. The molecular weight excluding hydrogens is 222 g/mol. The van der Waals surface area contributed by atoms with E-state index in [1.165, 1.54) is 44.1 Å². The van der Waals surface area contributed by atoms with Crippen LogP contribution < -0.4 is 0 Å². The summed E-state index contributed by atoms with van der Waals surface area (Å²) in [4.78, 5) is 4.35. The van der Waals surface area contributed by atoms with Crippen LogP contribution in [0, 0.1) is 12.8 Å². The van der Waals surface area contributed by atoms with Gasteiger partial charge in [0.05, 0.1) is 6.10 Å². The van der Waals surface area contributed by atoms with Gasteiger partial charge < -0.3 is 5.11 Å². The molecule has 2 heteroatoms. The first kappa shape index (κ1) is 13.5. The van der Waals surface area contributed by atoms with Gasteiger partial charge in [0, 0.05) is 18.3 Å². The van der Waals surface area contributed by atoms with Gasteiger partial charge in [-0.3, -0.25) is 4.98 Å². The fourth-order valence-corrected chi connectivity index (χ4v) is 2.87. The van der Waals surface area contributed by atoms with Crippen molar-refractivity contribution in [3.05, 3.63) is 29.6 Å². The molecule has 1 N–H and O–H groups in total. The number of hydrogen-bond acceptors (Lipinski definition) is 2. The molecule has 0 amide bonds. The van der Waals surface area contributed by atoms with E-state index in [4.69, 9.17) is 0 Å². The number of rotatable bonds is 5. The molecule has 1 aliphatic carbocycles. The highest BCUT2D eigenvalue weighted by atomic mass is 16.3. The summed E-state index contributed by atoms with van der Waals surface area (Å²) in [6.45, 7) is 2.04. The fraction of sp³-hybridized carbons (Fsp3) is 0.688. The first-order valence-corrected chi connectivity index (χ1v) is 7.33. The fourth-order valence-electron chi connectivity index (χ4n) is 2.87. The van der Waals surface area contributed by atoms with Gasteiger partial charge in [-0.1, -0.05) is 38.2 Å². The van der Waals surface area contributed by atoms with Crippen LogP contribution in [0.4, 0.5) is 0 Å². The van der Waals surface area contributed by atoms with Crippen molar-refractivity contribution in [1.29, 1.82) is 0 Å². The van der Waals surface area contributed by atoms with Crippen LogP contribution in [0.5, 0.6) is 0 Å². The molecule has 1 unspecified atom stereocenters. The lowest BCUT2D eigenvalue weighted by atomic mass is 9.85. The summed E-state index contributed by atoms with van der Waals surface area (Å²) < 4.78 is 0. The van der Waals surface area contributed by atoms with E-state index in [1.54, 1.807) is 0 Å².